The zero-order chi connectivity index (χ0) is 9.47. The van der Waals surface area contributed by atoms with Crippen LogP contribution in [0.25, 0.3) is 0 Å². The second kappa shape index (κ2) is 2.89. The summed E-state index contributed by atoms with van der Waals surface area (Å²) in [4.78, 5) is 13.5. The van der Waals surface area contributed by atoms with Gasteiger partial charge in [0.1, 0.15) is 0 Å². The molecule has 2 aliphatic rings. The molecule has 2 fully saturated rings. The van der Waals surface area contributed by atoms with Gasteiger partial charge >= 0.3 is 6.03 Å². The van der Waals surface area contributed by atoms with Gasteiger partial charge in [0.05, 0.1) is 0 Å². The van der Waals surface area contributed by atoms with Crippen LogP contribution in [0.1, 0.15) is 33.1 Å². The smallest absolute Gasteiger partial charge is 0.317 e. The Labute approximate surface area is 79.5 Å². The van der Waals surface area contributed by atoms with Crippen molar-refractivity contribution in [2.75, 3.05) is 13.1 Å². The van der Waals surface area contributed by atoms with E-state index in [1.54, 1.807) is 0 Å². The Balaban J connectivity index is 2.11. The molecule has 1 unspecified atom stereocenters. The van der Waals surface area contributed by atoms with E-state index in [9.17, 15) is 4.79 Å². The van der Waals surface area contributed by atoms with Gasteiger partial charge in [-0.25, -0.2) is 4.79 Å². The minimum atomic E-state index is 0.139. The zero-order valence-corrected chi connectivity index (χ0v) is 8.47. The highest BCUT2D eigenvalue weighted by atomic mass is 16.2. The van der Waals surface area contributed by atoms with E-state index in [-0.39, 0.29) is 6.03 Å². The summed E-state index contributed by atoms with van der Waals surface area (Å²) < 4.78 is 0. The Morgan fingerprint density at radius 1 is 1.54 bits per heavy atom. The maximum Gasteiger partial charge on any atom is 0.317 e. The highest BCUT2D eigenvalue weighted by Gasteiger charge is 2.41. The summed E-state index contributed by atoms with van der Waals surface area (Å²) in [6, 6.07) is 0.606. The second-order valence-electron chi connectivity index (χ2n) is 4.82. The molecule has 1 aliphatic heterocycles. The first-order valence-corrected chi connectivity index (χ1v) is 5.16. The first kappa shape index (κ1) is 8.85. The fraction of sp³-hybridized carbons (Fsp3) is 0.900. The van der Waals surface area contributed by atoms with Crippen LogP contribution in [0.3, 0.4) is 0 Å². The number of urea groups is 1. The highest BCUT2D eigenvalue weighted by molar-refractivity contribution is 5.76. The summed E-state index contributed by atoms with van der Waals surface area (Å²) in [5.74, 6) is 0. The molecular weight excluding hydrogens is 164 g/mol. The molecule has 0 spiro atoms. The second-order valence-corrected chi connectivity index (χ2v) is 4.82. The summed E-state index contributed by atoms with van der Waals surface area (Å²) in [6.45, 7) is 6.27. The molecule has 2 amide bonds. The minimum Gasteiger partial charge on any atom is -0.336 e. The van der Waals surface area contributed by atoms with E-state index in [2.05, 4.69) is 19.2 Å². The number of hydrogen-bond acceptors (Lipinski definition) is 1. The largest absolute Gasteiger partial charge is 0.336 e. The molecule has 0 aromatic carbocycles. The molecule has 0 bridgehead atoms. The van der Waals surface area contributed by atoms with E-state index >= 15 is 0 Å². The summed E-state index contributed by atoms with van der Waals surface area (Å²) in [5.41, 5.74) is 0.321. The van der Waals surface area contributed by atoms with Gasteiger partial charge in [-0.05, 0) is 18.3 Å². The number of nitrogens with one attached hydrogen (secondary N) is 1. The molecule has 13 heavy (non-hydrogen) atoms. The topological polar surface area (TPSA) is 32.3 Å². The van der Waals surface area contributed by atoms with Gasteiger partial charge in [0.25, 0.3) is 0 Å². The molecule has 3 nitrogen and oxygen atoms in total. The lowest BCUT2D eigenvalue weighted by molar-refractivity contribution is 0.148. The van der Waals surface area contributed by atoms with Crippen LogP contribution in [0.4, 0.5) is 4.79 Å². The van der Waals surface area contributed by atoms with Gasteiger partial charge < -0.3 is 10.2 Å². The molecule has 1 N–H and O–H groups in total. The molecule has 1 saturated heterocycles. The van der Waals surface area contributed by atoms with Crippen molar-refractivity contribution in [1.29, 1.82) is 0 Å². The Hall–Kier alpha value is -0.730. The standard InChI is InChI=1S/C10H18N2O/c1-10(2)5-3-4-8(10)12-7-6-11-9(12)13/h8H,3-7H2,1-2H3,(H,11,13). The molecule has 1 saturated carbocycles. The van der Waals surface area contributed by atoms with Crippen molar-refractivity contribution in [3.63, 3.8) is 0 Å². The van der Waals surface area contributed by atoms with Crippen LogP contribution in [-0.4, -0.2) is 30.1 Å². The van der Waals surface area contributed by atoms with Crippen LogP contribution < -0.4 is 5.32 Å². The molecular formula is C10H18N2O. The van der Waals surface area contributed by atoms with Crippen molar-refractivity contribution >= 4 is 6.03 Å². The van der Waals surface area contributed by atoms with Gasteiger partial charge in [0.2, 0.25) is 0 Å². The van der Waals surface area contributed by atoms with E-state index in [0.717, 1.165) is 13.1 Å². The van der Waals surface area contributed by atoms with Gasteiger partial charge in [0.15, 0.2) is 0 Å². The summed E-state index contributed by atoms with van der Waals surface area (Å²) in [7, 11) is 0. The molecule has 1 aliphatic carbocycles. The van der Waals surface area contributed by atoms with Gasteiger partial charge in [-0.2, -0.15) is 0 Å². The Kier molecular flexibility index (Phi) is 1.97. The summed E-state index contributed by atoms with van der Waals surface area (Å²) in [6.07, 6.45) is 3.70. The molecule has 2 rings (SSSR count). The van der Waals surface area contributed by atoms with Crippen LogP contribution in [0.5, 0.6) is 0 Å². The lowest BCUT2D eigenvalue weighted by Gasteiger charge is -2.34. The van der Waals surface area contributed by atoms with Crippen molar-refractivity contribution in [2.24, 2.45) is 5.41 Å². The van der Waals surface area contributed by atoms with Crippen molar-refractivity contribution in [2.45, 2.75) is 39.2 Å². The van der Waals surface area contributed by atoms with Crippen molar-refractivity contribution in [3.05, 3.63) is 0 Å². The van der Waals surface area contributed by atoms with E-state index in [4.69, 9.17) is 0 Å². The molecule has 3 heteroatoms. The lowest BCUT2D eigenvalue weighted by atomic mass is 9.86. The van der Waals surface area contributed by atoms with Crippen LogP contribution in [-0.2, 0) is 0 Å². The predicted octanol–water partition coefficient (Wildman–Crippen LogP) is 1.59. The summed E-state index contributed by atoms with van der Waals surface area (Å²) >= 11 is 0. The van der Waals surface area contributed by atoms with E-state index in [1.807, 2.05) is 4.90 Å². The molecule has 1 atom stereocenters. The fourth-order valence-electron chi connectivity index (χ4n) is 2.67. The number of carbonyl (C=O) groups is 1. The SMILES string of the molecule is CC1(C)CCCC1N1CCNC1=O. The van der Waals surface area contributed by atoms with Gasteiger partial charge in [-0.15, -0.1) is 0 Å². The first-order valence-electron chi connectivity index (χ1n) is 5.16. The predicted molar refractivity (Wildman–Crippen MR) is 51.5 cm³/mol. The number of rotatable bonds is 1. The monoisotopic (exact) mass is 182 g/mol. The number of nitrogens with zero attached hydrogens (tertiary/aromatic N) is 1. The number of carbonyl (C=O) groups excluding carboxylic acids is 1. The number of amides is 2. The maximum atomic E-state index is 11.5. The average Bonchev–Trinajstić information content (AvgIpc) is 2.56. The maximum absolute atomic E-state index is 11.5. The van der Waals surface area contributed by atoms with Crippen molar-refractivity contribution in [3.8, 4) is 0 Å². The van der Waals surface area contributed by atoms with Crippen molar-refractivity contribution in [1.82, 2.24) is 10.2 Å². The third-order valence-electron chi connectivity index (χ3n) is 3.47. The lowest BCUT2D eigenvalue weighted by Crippen LogP contribution is -2.43. The normalized spacial score (nSPS) is 32.3. The van der Waals surface area contributed by atoms with Crippen molar-refractivity contribution < 1.29 is 4.79 Å². The quantitative estimate of drug-likeness (QED) is 0.656. The van der Waals surface area contributed by atoms with Gasteiger partial charge in [-0.3, -0.25) is 0 Å². The Morgan fingerprint density at radius 2 is 2.31 bits per heavy atom. The Bertz CT molecular complexity index is 225. The number of hydrogen-bond donors (Lipinski definition) is 1. The molecule has 74 valence electrons. The summed E-state index contributed by atoms with van der Waals surface area (Å²) in [5, 5.41) is 2.87. The molecule has 1 heterocycles. The third-order valence-corrected chi connectivity index (χ3v) is 3.47. The van der Waals surface area contributed by atoms with Gasteiger partial charge in [-0.1, -0.05) is 20.3 Å². The van der Waals surface area contributed by atoms with Gasteiger partial charge in [0, 0.05) is 19.1 Å². The Morgan fingerprint density at radius 3 is 2.77 bits per heavy atom. The van der Waals surface area contributed by atoms with Crippen LogP contribution in [0.2, 0.25) is 0 Å². The van der Waals surface area contributed by atoms with Crippen LogP contribution in [0.15, 0.2) is 0 Å². The third kappa shape index (κ3) is 1.40. The van der Waals surface area contributed by atoms with E-state index in [1.165, 1.54) is 19.3 Å². The van der Waals surface area contributed by atoms with Crippen LogP contribution in [0, 0.1) is 5.41 Å². The van der Waals surface area contributed by atoms with E-state index in [0.29, 0.717) is 11.5 Å². The zero-order valence-electron chi connectivity index (χ0n) is 8.47. The molecule has 0 radical (unpaired) electrons. The fourth-order valence-corrected chi connectivity index (χ4v) is 2.67. The van der Waals surface area contributed by atoms with E-state index < -0.39 is 0 Å². The average molecular weight is 182 g/mol. The van der Waals surface area contributed by atoms with Crippen LogP contribution >= 0.6 is 0 Å². The highest BCUT2D eigenvalue weighted by Crippen LogP contribution is 2.40. The first-order chi connectivity index (χ1) is 6.11. The molecule has 0 aromatic rings. The minimum absolute atomic E-state index is 0.139. The molecule has 0 aromatic heterocycles.